The van der Waals surface area contributed by atoms with Gasteiger partial charge in [-0.1, -0.05) is 31.9 Å². The van der Waals surface area contributed by atoms with Gasteiger partial charge in [0.1, 0.15) is 0 Å². The number of hydrogen-bond donors (Lipinski definition) is 0. The van der Waals surface area contributed by atoms with E-state index in [-0.39, 0.29) is 0 Å². The first kappa shape index (κ1) is 9.80. The summed E-state index contributed by atoms with van der Waals surface area (Å²) in [5, 5.41) is 0. The molecule has 2 rings (SSSR count). The van der Waals surface area contributed by atoms with E-state index in [2.05, 4.69) is 37.9 Å². The monoisotopic (exact) mass is 314 g/mol. The van der Waals surface area contributed by atoms with Gasteiger partial charge in [0.05, 0.1) is 6.20 Å². The number of halogens is 2. The highest BCUT2D eigenvalue weighted by Crippen LogP contribution is 2.25. The Bertz CT molecular complexity index is 405. The second-order valence-electron chi connectivity index (χ2n) is 2.67. The fraction of sp³-hybridized carbons (Fsp3) is 0. The minimum atomic E-state index is 0.760. The van der Waals surface area contributed by atoms with Crippen LogP contribution in [0.1, 0.15) is 0 Å². The SMILES string of the molecule is Brc1cc(Br)cc(On2c[c]cc2)c1. The van der Waals surface area contributed by atoms with Crippen molar-refractivity contribution in [3.63, 3.8) is 0 Å². The summed E-state index contributed by atoms with van der Waals surface area (Å²) in [5.74, 6) is 0.760. The van der Waals surface area contributed by atoms with Crippen molar-refractivity contribution >= 4 is 31.9 Å². The molecule has 0 N–H and O–H groups in total. The molecule has 1 aromatic carbocycles. The number of hydrogen-bond acceptors (Lipinski definition) is 1. The fourth-order valence-corrected chi connectivity index (χ4v) is 2.29. The molecule has 14 heavy (non-hydrogen) atoms. The Morgan fingerprint density at radius 3 is 2.43 bits per heavy atom. The molecule has 0 aliphatic rings. The van der Waals surface area contributed by atoms with E-state index < -0.39 is 0 Å². The van der Waals surface area contributed by atoms with Gasteiger partial charge in [0, 0.05) is 21.2 Å². The van der Waals surface area contributed by atoms with E-state index in [1.807, 2.05) is 18.2 Å². The van der Waals surface area contributed by atoms with E-state index in [0.29, 0.717) is 0 Å². The highest BCUT2D eigenvalue weighted by Gasteiger charge is 1.99. The Morgan fingerprint density at radius 2 is 1.86 bits per heavy atom. The van der Waals surface area contributed by atoms with Crippen LogP contribution in [0.5, 0.6) is 5.75 Å². The van der Waals surface area contributed by atoms with Gasteiger partial charge in [0.25, 0.3) is 0 Å². The van der Waals surface area contributed by atoms with Gasteiger partial charge < -0.3 is 4.84 Å². The van der Waals surface area contributed by atoms with Crippen molar-refractivity contribution in [3.05, 3.63) is 51.7 Å². The smallest absolute Gasteiger partial charge is 0.158 e. The minimum absolute atomic E-state index is 0.760. The van der Waals surface area contributed by atoms with Crippen molar-refractivity contribution in [3.8, 4) is 5.75 Å². The van der Waals surface area contributed by atoms with Crippen molar-refractivity contribution < 1.29 is 4.84 Å². The average molecular weight is 316 g/mol. The molecule has 4 heteroatoms. The van der Waals surface area contributed by atoms with E-state index in [9.17, 15) is 0 Å². The van der Waals surface area contributed by atoms with Gasteiger partial charge in [-0.2, -0.15) is 4.73 Å². The van der Waals surface area contributed by atoms with Gasteiger partial charge in [-0.25, -0.2) is 0 Å². The van der Waals surface area contributed by atoms with Gasteiger partial charge in [-0.3, -0.25) is 0 Å². The number of aromatic nitrogens is 1. The zero-order valence-corrected chi connectivity index (χ0v) is 10.2. The highest BCUT2D eigenvalue weighted by molar-refractivity contribution is 9.11. The summed E-state index contributed by atoms with van der Waals surface area (Å²) >= 11 is 6.78. The standard InChI is InChI=1S/C10H6Br2NO/c11-8-5-9(12)7-10(6-8)14-13-3-1-2-4-13/h1,3-7H. The fourth-order valence-electron chi connectivity index (χ4n) is 1.04. The lowest BCUT2D eigenvalue weighted by molar-refractivity contribution is 0.216. The highest BCUT2D eigenvalue weighted by atomic mass is 79.9. The maximum Gasteiger partial charge on any atom is 0.158 e. The molecule has 2 nitrogen and oxygen atoms in total. The molecule has 0 amide bonds. The predicted molar refractivity (Wildman–Crippen MR) is 61.1 cm³/mol. The van der Waals surface area contributed by atoms with Gasteiger partial charge in [-0.05, 0) is 24.3 Å². The number of benzene rings is 1. The summed E-state index contributed by atoms with van der Waals surface area (Å²) in [6.45, 7) is 0. The lowest BCUT2D eigenvalue weighted by Gasteiger charge is -2.06. The molecule has 1 radical (unpaired) electrons. The Labute approximate surface area is 98.7 Å². The van der Waals surface area contributed by atoms with Crippen LogP contribution in [0.15, 0.2) is 45.6 Å². The maximum absolute atomic E-state index is 5.51. The number of nitrogens with zero attached hydrogens (tertiary/aromatic N) is 1. The molecule has 0 saturated heterocycles. The quantitative estimate of drug-likeness (QED) is 0.825. The molecule has 1 heterocycles. The van der Waals surface area contributed by atoms with Crippen molar-refractivity contribution in [2.24, 2.45) is 0 Å². The first-order valence-electron chi connectivity index (χ1n) is 3.92. The normalized spacial score (nSPS) is 10.1. The summed E-state index contributed by atoms with van der Waals surface area (Å²) < 4.78 is 3.53. The van der Waals surface area contributed by atoms with Crippen LogP contribution in [0.3, 0.4) is 0 Å². The third-order valence-electron chi connectivity index (χ3n) is 1.57. The molecule has 1 aromatic heterocycles. The molecule has 0 bridgehead atoms. The largest absolute Gasteiger partial charge is 0.376 e. The first-order valence-corrected chi connectivity index (χ1v) is 5.51. The lowest BCUT2D eigenvalue weighted by atomic mass is 10.3. The Hall–Kier alpha value is -0.740. The van der Waals surface area contributed by atoms with E-state index in [1.165, 1.54) is 0 Å². The predicted octanol–water partition coefficient (Wildman–Crippen LogP) is 3.66. The minimum Gasteiger partial charge on any atom is -0.376 e. The molecule has 0 fully saturated rings. The van der Waals surface area contributed by atoms with Crippen LogP contribution in [-0.4, -0.2) is 4.73 Å². The van der Waals surface area contributed by atoms with E-state index >= 15 is 0 Å². The summed E-state index contributed by atoms with van der Waals surface area (Å²) in [6, 6.07) is 10.4. The van der Waals surface area contributed by atoms with E-state index in [0.717, 1.165) is 14.7 Å². The van der Waals surface area contributed by atoms with Crippen molar-refractivity contribution in [1.82, 2.24) is 4.73 Å². The van der Waals surface area contributed by atoms with Crippen LogP contribution in [0.2, 0.25) is 0 Å². The average Bonchev–Trinajstić information content (AvgIpc) is 2.54. The molecule has 2 aromatic rings. The summed E-state index contributed by atoms with van der Waals surface area (Å²) in [6.07, 6.45) is 3.50. The van der Waals surface area contributed by atoms with Crippen LogP contribution >= 0.6 is 31.9 Å². The van der Waals surface area contributed by atoms with Crippen molar-refractivity contribution in [2.45, 2.75) is 0 Å². The third-order valence-corrected chi connectivity index (χ3v) is 2.48. The molecular weight excluding hydrogens is 310 g/mol. The zero-order valence-electron chi connectivity index (χ0n) is 7.08. The zero-order chi connectivity index (χ0) is 9.97. The first-order chi connectivity index (χ1) is 6.74. The Kier molecular flexibility index (Phi) is 2.93. The van der Waals surface area contributed by atoms with Crippen LogP contribution < -0.4 is 4.84 Å². The van der Waals surface area contributed by atoms with E-state index in [1.54, 1.807) is 23.2 Å². The van der Waals surface area contributed by atoms with Gasteiger partial charge in [0.2, 0.25) is 0 Å². The number of rotatable bonds is 2. The molecule has 71 valence electrons. The molecule has 0 saturated carbocycles. The summed E-state index contributed by atoms with van der Waals surface area (Å²) in [7, 11) is 0. The van der Waals surface area contributed by atoms with Crippen LogP contribution in [0, 0.1) is 6.07 Å². The maximum atomic E-state index is 5.51. The van der Waals surface area contributed by atoms with Gasteiger partial charge in [-0.15, -0.1) is 0 Å². The van der Waals surface area contributed by atoms with Crippen molar-refractivity contribution in [2.75, 3.05) is 0 Å². The molecule has 0 aliphatic heterocycles. The molecule has 0 atom stereocenters. The molecule has 0 spiro atoms. The Balaban J connectivity index is 2.25. The topological polar surface area (TPSA) is 14.2 Å². The van der Waals surface area contributed by atoms with Crippen molar-refractivity contribution in [1.29, 1.82) is 0 Å². The van der Waals surface area contributed by atoms with Crippen LogP contribution in [0.25, 0.3) is 0 Å². The molecular formula is C10H6Br2NO. The lowest BCUT2D eigenvalue weighted by Crippen LogP contribution is -2.00. The summed E-state index contributed by atoms with van der Waals surface area (Å²) in [4.78, 5) is 5.51. The third kappa shape index (κ3) is 2.39. The van der Waals surface area contributed by atoms with Gasteiger partial charge >= 0.3 is 0 Å². The van der Waals surface area contributed by atoms with Gasteiger partial charge in [0.15, 0.2) is 5.75 Å². The molecule has 0 aliphatic carbocycles. The van der Waals surface area contributed by atoms with E-state index in [4.69, 9.17) is 4.84 Å². The summed E-state index contributed by atoms with van der Waals surface area (Å²) in [5.41, 5.74) is 0. The second-order valence-corrected chi connectivity index (χ2v) is 4.50. The van der Waals surface area contributed by atoms with Crippen LogP contribution in [-0.2, 0) is 0 Å². The van der Waals surface area contributed by atoms with Crippen LogP contribution in [0.4, 0.5) is 0 Å². The Morgan fingerprint density at radius 1 is 1.14 bits per heavy atom. The second kappa shape index (κ2) is 4.19. The molecule has 0 unspecified atom stereocenters.